The molecule has 1 rings (SSSR count). The lowest BCUT2D eigenvalue weighted by Gasteiger charge is -1.97. The molecule has 0 unspecified atom stereocenters. The van der Waals surface area contributed by atoms with E-state index in [2.05, 4.69) is 43.3 Å². The van der Waals surface area contributed by atoms with Crippen molar-refractivity contribution in [3.8, 4) is 0 Å². The van der Waals surface area contributed by atoms with Gasteiger partial charge in [0, 0.05) is 0 Å². The van der Waals surface area contributed by atoms with Crippen molar-refractivity contribution in [2.24, 2.45) is 0 Å². The number of rotatable bonds is 3. The van der Waals surface area contributed by atoms with Gasteiger partial charge in [0.15, 0.2) is 0 Å². The molecule has 0 aliphatic carbocycles. The van der Waals surface area contributed by atoms with Gasteiger partial charge in [0.1, 0.15) is 0 Å². The van der Waals surface area contributed by atoms with E-state index in [1.54, 1.807) is 0 Å². The number of hydrogen-bond acceptors (Lipinski definition) is 0. The number of allylic oxidation sites excluding steroid dienone is 6. The zero-order chi connectivity index (χ0) is 14.2. The predicted octanol–water partition coefficient (Wildman–Crippen LogP) is 6.27. The largest absolute Gasteiger partial charge is 0.0877 e. The minimum Gasteiger partial charge on any atom is -0.0877 e. The van der Waals surface area contributed by atoms with Gasteiger partial charge in [-0.25, -0.2) is 0 Å². The lowest BCUT2D eigenvalue weighted by Crippen LogP contribution is -1.75. The molecule has 100 valence electrons. The van der Waals surface area contributed by atoms with Crippen LogP contribution in [0.5, 0.6) is 0 Å². The van der Waals surface area contributed by atoms with E-state index in [1.165, 1.54) is 11.1 Å². The molecule has 0 saturated heterocycles. The summed E-state index contributed by atoms with van der Waals surface area (Å²) in [5.41, 5.74) is 2.56. The first kappa shape index (κ1) is 18.8. The van der Waals surface area contributed by atoms with E-state index in [9.17, 15) is 0 Å². The third-order valence-corrected chi connectivity index (χ3v) is 1.99. The predicted molar refractivity (Wildman–Crippen MR) is 86.7 cm³/mol. The van der Waals surface area contributed by atoms with Crippen LogP contribution in [0.3, 0.4) is 0 Å². The Labute approximate surface area is 114 Å². The summed E-state index contributed by atoms with van der Waals surface area (Å²) < 4.78 is 0. The molecule has 0 aliphatic rings. The van der Waals surface area contributed by atoms with Gasteiger partial charge in [0.25, 0.3) is 0 Å². The molecule has 0 aliphatic heterocycles. The van der Waals surface area contributed by atoms with Crippen LogP contribution in [-0.2, 0) is 0 Å². The second-order valence-corrected chi connectivity index (χ2v) is 3.13. The van der Waals surface area contributed by atoms with Crippen molar-refractivity contribution in [3.05, 3.63) is 66.3 Å². The highest BCUT2D eigenvalue weighted by Gasteiger charge is 1.89. The second kappa shape index (κ2) is 15.4. The molecule has 0 heterocycles. The SMILES string of the molecule is CC.CC.C\C=C/C=C\C=C(/C)c1ccccc1. The van der Waals surface area contributed by atoms with Crippen molar-refractivity contribution in [1.29, 1.82) is 0 Å². The molecule has 18 heavy (non-hydrogen) atoms. The molecule has 0 nitrogen and oxygen atoms in total. The fourth-order valence-electron chi connectivity index (χ4n) is 1.17. The monoisotopic (exact) mass is 244 g/mol. The van der Waals surface area contributed by atoms with Crippen LogP contribution in [0.2, 0.25) is 0 Å². The van der Waals surface area contributed by atoms with Crippen molar-refractivity contribution in [1.82, 2.24) is 0 Å². The smallest absolute Gasteiger partial charge is 0.0227 e. The maximum Gasteiger partial charge on any atom is -0.0227 e. The lowest BCUT2D eigenvalue weighted by molar-refractivity contribution is 1.50. The van der Waals surface area contributed by atoms with Crippen LogP contribution in [0, 0.1) is 0 Å². The van der Waals surface area contributed by atoms with Crippen LogP contribution in [0.1, 0.15) is 47.1 Å². The van der Waals surface area contributed by atoms with Gasteiger partial charge in [-0.15, -0.1) is 0 Å². The minimum atomic E-state index is 1.28. The Balaban J connectivity index is 0. The van der Waals surface area contributed by atoms with E-state index >= 15 is 0 Å². The normalized spacial score (nSPS) is 10.7. The first-order valence-electron chi connectivity index (χ1n) is 6.86. The van der Waals surface area contributed by atoms with Gasteiger partial charge in [0.2, 0.25) is 0 Å². The first-order chi connectivity index (χ1) is 8.84. The number of benzene rings is 1. The van der Waals surface area contributed by atoms with E-state index in [1.807, 2.05) is 58.9 Å². The van der Waals surface area contributed by atoms with Crippen LogP contribution in [0.4, 0.5) is 0 Å². The topological polar surface area (TPSA) is 0 Å². The van der Waals surface area contributed by atoms with Gasteiger partial charge in [-0.3, -0.25) is 0 Å². The molecule has 0 radical (unpaired) electrons. The Morgan fingerprint density at radius 1 is 0.833 bits per heavy atom. The average molecular weight is 244 g/mol. The lowest BCUT2D eigenvalue weighted by atomic mass is 10.1. The van der Waals surface area contributed by atoms with E-state index in [0.717, 1.165) is 0 Å². The molecule has 0 atom stereocenters. The van der Waals surface area contributed by atoms with Gasteiger partial charge >= 0.3 is 0 Å². The van der Waals surface area contributed by atoms with Crippen LogP contribution >= 0.6 is 0 Å². The molecule has 0 saturated carbocycles. The molecular weight excluding hydrogens is 216 g/mol. The molecule has 1 aromatic rings. The third kappa shape index (κ3) is 9.65. The molecule has 0 N–H and O–H groups in total. The van der Waals surface area contributed by atoms with Crippen molar-refractivity contribution < 1.29 is 0 Å². The van der Waals surface area contributed by atoms with Gasteiger partial charge in [0.05, 0.1) is 0 Å². The van der Waals surface area contributed by atoms with E-state index in [4.69, 9.17) is 0 Å². The Morgan fingerprint density at radius 2 is 1.39 bits per heavy atom. The summed E-state index contributed by atoms with van der Waals surface area (Å²) >= 11 is 0. The standard InChI is InChI=1S/C14H16.2C2H6/c1-3-4-5-7-10-13(2)14-11-8-6-9-12-14;2*1-2/h3-12H,1-2H3;2*1-2H3/b4-3-,7-5-,13-10+;;. The van der Waals surface area contributed by atoms with Gasteiger partial charge in [-0.1, -0.05) is 88.4 Å². The van der Waals surface area contributed by atoms with Crippen molar-refractivity contribution in [2.45, 2.75) is 41.5 Å². The Kier molecular flexibility index (Phi) is 16.1. The molecule has 0 heteroatoms. The zero-order valence-corrected chi connectivity index (χ0v) is 12.8. The Bertz CT molecular complexity index is 340. The highest BCUT2D eigenvalue weighted by atomic mass is 13.9. The summed E-state index contributed by atoms with van der Waals surface area (Å²) in [5.74, 6) is 0. The van der Waals surface area contributed by atoms with Gasteiger partial charge in [-0.2, -0.15) is 0 Å². The van der Waals surface area contributed by atoms with E-state index < -0.39 is 0 Å². The van der Waals surface area contributed by atoms with Gasteiger partial charge < -0.3 is 0 Å². The van der Waals surface area contributed by atoms with Gasteiger partial charge in [-0.05, 0) is 25.0 Å². The first-order valence-corrected chi connectivity index (χ1v) is 6.86. The average Bonchev–Trinajstić information content (AvgIpc) is 2.48. The third-order valence-electron chi connectivity index (χ3n) is 1.99. The number of hydrogen-bond donors (Lipinski definition) is 0. The molecule has 0 bridgehead atoms. The van der Waals surface area contributed by atoms with E-state index in [-0.39, 0.29) is 0 Å². The van der Waals surface area contributed by atoms with Crippen molar-refractivity contribution in [2.75, 3.05) is 0 Å². The second-order valence-electron chi connectivity index (χ2n) is 3.13. The van der Waals surface area contributed by atoms with Crippen LogP contribution in [-0.4, -0.2) is 0 Å². The summed E-state index contributed by atoms with van der Waals surface area (Å²) in [6, 6.07) is 10.4. The quantitative estimate of drug-likeness (QED) is 0.549. The highest BCUT2D eigenvalue weighted by molar-refractivity contribution is 5.64. The zero-order valence-electron chi connectivity index (χ0n) is 12.8. The van der Waals surface area contributed by atoms with Crippen LogP contribution < -0.4 is 0 Å². The highest BCUT2D eigenvalue weighted by Crippen LogP contribution is 2.12. The molecule has 0 amide bonds. The Hall–Kier alpha value is -1.56. The maximum absolute atomic E-state index is 2.12. The molecule has 0 fully saturated rings. The molecular formula is C18H28. The van der Waals surface area contributed by atoms with Crippen molar-refractivity contribution >= 4 is 5.57 Å². The summed E-state index contributed by atoms with van der Waals surface area (Å²) in [6.07, 6.45) is 10.3. The summed E-state index contributed by atoms with van der Waals surface area (Å²) in [4.78, 5) is 0. The molecule has 1 aromatic carbocycles. The summed E-state index contributed by atoms with van der Waals surface area (Å²) in [5, 5.41) is 0. The maximum atomic E-state index is 2.12. The fourth-order valence-corrected chi connectivity index (χ4v) is 1.17. The minimum absolute atomic E-state index is 1.28. The Morgan fingerprint density at radius 3 is 1.89 bits per heavy atom. The fraction of sp³-hybridized carbons (Fsp3) is 0.333. The molecule has 0 spiro atoms. The van der Waals surface area contributed by atoms with Crippen LogP contribution in [0.25, 0.3) is 5.57 Å². The molecule has 0 aromatic heterocycles. The van der Waals surface area contributed by atoms with Crippen molar-refractivity contribution in [3.63, 3.8) is 0 Å². The summed E-state index contributed by atoms with van der Waals surface area (Å²) in [7, 11) is 0. The summed E-state index contributed by atoms with van der Waals surface area (Å²) in [6.45, 7) is 12.1. The van der Waals surface area contributed by atoms with Crippen LogP contribution in [0.15, 0.2) is 60.7 Å². The van der Waals surface area contributed by atoms with E-state index in [0.29, 0.717) is 0 Å².